The average molecular weight is 738 g/mol. The van der Waals surface area contributed by atoms with Crippen LogP contribution in [0.25, 0.3) is 110 Å². The van der Waals surface area contributed by atoms with E-state index in [1.54, 1.807) is 0 Å². The van der Waals surface area contributed by atoms with Crippen LogP contribution in [-0.2, 0) is 0 Å². The molecule has 0 bridgehead atoms. The summed E-state index contributed by atoms with van der Waals surface area (Å²) < 4.78 is 0. The van der Waals surface area contributed by atoms with E-state index in [-0.39, 0.29) is 0 Å². The molecule has 0 aliphatic rings. The largest absolute Gasteiger partial charge is 0.265 e. The van der Waals surface area contributed by atoms with Gasteiger partial charge in [0.1, 0.15) is 0 Å². The van der Waals surface area contributed by atoms with Crippen LogP contribution in [0.15, 0.2) is 213 Å². The molecule has 58 heavy (non-hydrogen) atoms. The lowest BCUT2D eigenvalue weighted by molar-refractivity contribution is 1.18. The topological polar surface area (TPSA) is 38.7 Å². The van der Waals surface area contributed by atoms with E-state index < -0.39 is 0 Å². The standard InChI is InChI=1S/C55H35N3/c1-2-12-41(13-3-1)55-57-52(35-53(58-55)47-19-9-4-14-42(47)39-30-32-56-33-31-39)40-28-24-37(25-29-40)36-22-26-38(27-23-36)50-34-51-45-17-6-5-15-43(45)44-16-7-10-20-48(44)54(51)49-21-11-8-18-46(49)50/h1-35H. The summed E-state index contributed by atoms with van der Waals surface area (Å²) in [6.45, 7) is 0. The first-order valence-electron chi connectivity index (χ1n) is 19.7. The van der Waals surface area contributed by atoms with Gasteiger partial charge < -0.3 is 0 Å². The second-order valence-electron chi connectivity index (χ2n) is 14.7. The molecule has 0 saturated heterocycles. The molecule has 0 radical (unpaired) electrons. The summed E-state index contributed by atoms with van der Waals surface area (Å²) in [5.41, 5.74) is 11.8. The summed E-state index contributed by atoms with van der Waals surface area (Å²) in [6, 6.07) is 71.5. The van der Waals surface area contributed by atoms with Gasteiger partial charge >= 0.3 is 0 Å². The maximum Gasteiger partial charge on any atom is 0.160 e. The van der Waals surface area contributed by atoms with Crippen molar-refractivity contribution in [3.8, 4) is 67.3 Å². The fourth-order valence-corrected chi connectivity index (χ4v) is 8.62. The molecule has 0 spiro atoms. The minimum absolute atomic E-state index is 0.694. The molecule has 11 aromatic rings. The Morgan fingerprint density at radius 3 is 1.40 bits per heavy atom. The van der Waals surface area contributed by atoms with Gasteiger partial charge in [0.05, 0.1) is 11.4 Å². The van der Waals surface area contributed by atoms with E-state index in [2.05, 4.69) is 175 Å². The summed E-state index contributed by atoms with van der Waals surface area (Å²) in [5.74, 6) is 0.694. The Morgan fingerprint density at radius 1 is 0.259 bits per heavy atom. The van der Waals surface area contributed by atoms with Crippen molar-refractivity contribution in [3.63, 3.8) is 0 Å². The van der Waals surface area contributed by atoms with Gasteiger partial charge in [-0.15, -0.1) is 0 Å². The van der Waals surface area contributed by atoms with E-state index in [1.807, 2.05) is 42.7 Å². The third kappa shape index (κ3) is 5.80. The van der Waals surface area contributed by atoms with Crippen molar-refractivity contribution in [2.75, 3.05) is 0 Å². The molecule has 0 saturated carbocycles. The van der Waals surface area contributed by atoms with Crippen molar-refractivity contribution in [1.82, 2.24) is 15.0 Å². The monoisotopic (exact) mass is 737 g/mol. The van der Waals surface area contributed by atoms with Crippen molar-refractivity contribution in [3.05, 3.63) is 213 Å². The van der Waals surface area contributed by atoms with Gasteiger partial charge in [0, 0.05) is 29.1 Å². The first kappa shape index (κ1) is 33.6. The molecule has 3 nitrogen and oxygen atoms in total. The van der Waals surface area contributed by atoms with Crippen LogP contribution < -0.4 is 0 Å². The van der Waals surface area contributed by atoms with Crippen molar-refractivity contribution < 1.29 is 0 Å². The van der Waals surface area contributed by atoms with Gasteiger partial charge in [0.2, 0.25) is 0 Å². The maximum absolute atomic E-state index is 5.12. The summed E-state index contributed by atoms with van der Waals surface area (Å²) in [5, 5.41) is 10.3. The predicted octanol–water partition coefficient (Wildman–Crippen LogP) is 14.5. The minimum atomic E-state index is 0.694. The highest BCUT2D eigenvalue weighted by Crippen LogP contribution is 2.43. The molecule has 11 rings (SSSR count). The Labute approximate surface area is 336 Å². The molecule has 270 valence electrons. The van der Waals surface area contributed by atoms with E-state index in [1.165, 1.54) is 54.2 Å². The van der Waals surface area contributed by atoms with E-state index in [4.69, 9.17) is 9.97 Å². The fourth-order valence-electron chi connectivity index (χ4n) is 8.62. The van der Waals surface area contributed by atoms with E-state index in [0.717, 1.165) is 50.3 Å². The maximum atomic E-state index is 5.12. The SMILES string of the molecule is c1ccc(-c2nc(-c3ccc(-c4ccc(-c5cc6c7ccccc7c7ccccc7c6c6ccccc56)cc4)cc3)cc(-c3ccccc3-c3ccncc3)n2)cc1. The highest BCUT2D eigenvalue weighted by atomic mass is 14.9. The van der Waals surface area contributed by atoms with Crippen LogP contribution in [0.2, 0.25) is 0 Å². The third-order valence-electron chi connectivity index (χ3n) is 11.4. The molecule has 0 aliphatic heterocycles. The first-order chi connectivity index (χ1) is 28.8. The van der Waals surface area contributed by atoms with Crippen LogP contribution in [0.5, 0.6) is 0 Å². The average Bonchev–Trinajstić information content (AvgIpc) is 3.32. The van der Waals surface area contributed by atoms with Gasteiger partial charge in [-0.3, -0.25) is 4.98 Å². The number of aromatic nitrogens is 3. The zero-order chi connectivity index (χ0) is 38.4. The van der Waals surface area contributed by atoms with E-state index in [9.17, 15) is 0 Å². The summed E-state index contributed by atoms with van der Waals surface area (Å²) in [7, 11) is 0. The number of fused-ring (bicyclic) bond motifs is 8. The second kappa shape index (κ2) is 14.1. The van der Waals surface area contributed by atoms with Crippen LogP contribution in [0.1, 0.15) is 0 Å². The molecule has 0 amide bonds. The number of hydrogen-bond donors (Lipinski definition) is 0. The van der Waals surface area contributed by atoms with Crippen LogP contribution in [0, 0.1) is 0 Å². The summed E-state index contributed by atoms with van der Waals surface area (Å²) >= 11 is 0. The van der Waals surface area contributed by atoms with Gasteiger partial charge in [-0.2, -0.15) is 0 Å². The van der Waals surface area contributed by atoms with Gasteiger partial charge in [-0.1, -0.05) is 176 Å². The molecule has 0 fully saturated rings. The van der Waals surface area contributed by atoms with Gasteiger partial charge in [0.15, 0.2) is 5.82 Å². The third-order valence-corrected chi connectivity index (χ3v) is 11.4. The van der Waals surface area contributed by atoms with Crippen LogP contribution in [0.3, 0.4) is 0 Å². The Morgan fingerprint density at radius 2 is 0.724 bits per heavy atom. The number of rotatable bonds is 6. The van der Waals surface area contributed by atoms with Crippen LogP contribution >= 0.6 is 0 Å². The molecule has 2 heterocycles. The second-order valence-corrected chi connectivity index (χ2v) is 14.7. The number of benzene rings is 9. The Hall–Kier alpha value is -7.75. The van der Waals surface area contributed by atoms with Crippen molar-refractivity contribution in [2.24, 2.45) is 0 Å². The lowest BCUT2D eigenvalue weighted by atomic mass is 9.87. The molecule has 0 aliphatic carbocycles. The van der Waals surface area contributed by atoms with E-state index >= 15 is 0 Å². The van der Waals surface area contributed by atoms with Gasteiger partial charge in [-0.05, 0) is 101 Å². The van der Waals surface area contributed by atoms with Gasteiger partial charge in [0.25, 0.3) is 0 Å². The summed E-state index contributed by atoms with van der Waals surface area (Å²) in [4.78, 5) is 14.5. The first-order valence-corrected chi connectivity index (χ1v) is 19.7. The normalized spacial score (nSPS) is 11.4. The lowest BCUT2D eigenvalue weighted by Crippen LogP contribution is -1.97. The zero-order valence-electron chi connectivity index (χ0n) is 31.5. The van der Waals surface area contributed by atoms with Crippen LogP contribution in [0.4, 0.5) is 0 Å². The van der Waals surface area contributed by atoms with E-state index in [0.29, 0.717) is 5.82 Å². The quantitative estimate of drug-likeness (QED) is 0.160. The lowest BCUT2D eigenvalue weighted by Gasteiger charge is -2.16. The van der Waals surface area contributed by atoms with Crippen LogP contribution in [-0.4, -0.2) is 15.0 Å². The molecule has 0 atom stereocenters. The molecule has 2 aromatic heterocycles. The Balaban J connectivity index is 0.978. The minimum Gasteiger partial charge on any atom is -0.265 e. The molecular formula is C55H35N3. The predicted molar refractivity (Wildman–Crippen MR) is 242 cm³/mol. The van der Waals surface area contributed by atoms with Crippen molar-refractivity contribution in [2.45, 2.75) is 0 Å². The highest BCUT2D eigenvalue weighted by molar-refractivity contribution is 6.33. The van der Waals surface area contributed by atoms with Crippen molar-refractivity contribution >= 4 is 43.1 Å². The molecular weight excluding hydrogens is 703 g/mol. The molecule has 0 N–H and O–H groups in total. The Bertz CT molecular complexity index is 3300. The fraction of sp³-hybridized carbons (Fsp3) is 0. The number of nitrogens with zero attached hydrogens (tertiary/aromatic N) is 3. The Kier molecular flexibility index (Phi) is 8.15. The highest BCUT2D eigenvalue weighted by Gasteiger charge is 2.17. The summed E-state index contributed by atoms with van der Waals surface area (Å²) in [6.07, 6.45) is 3.66. The molecule has 9 aromatic carbocycles. The zero-order valence-corrected chi connectivity index (χ0v) is 31.5. The molecule has 3 heteroatoms. The number of pyridine rings is 1. The molecule has 0 unspecified atom stereocenters. The smallest absolute Gasteiger partial charge is 0.160 e. The van der Waals surface area contributed by atoms with Gasteiger partial charge in [-0.25, -0.2) is 9.97 Å². The van der Waals surface area contributed by atoms with Crippen molar-refractivity contribution in [1.29, 1.82) is 0 Å². The number of hydrogen-bond acceptors (Lipinski definition) is 3.